The molecule has 1 aromatic carbocycles. The summed E-state index contributed by atoms with van der Waals surface area (Å²) in [5.74, 6) is 2.67. The predicted octanol–water partition coefficient (Wildman–Crippen LogP) is 5.13. The molecule has 2 amide bonds. The van der Waals surface area contributed by atoms with E-state index in [9.17, 15) is 19.8 Å². The molecule has 4 aliphatic rings. The molecule has 4 aliphatic carbocycles. The van der Waals surface area contributed by atoms with Crippen molar-refractivity contribution in [1.82, 2.24) is 0 Å². The summed E-state index contributed by atoms with van der Waals surface area (Å²) in [6, 6.07) is 6.67. The van der Waals surface area contributed by atoms with Gasteiger partial charge in [-0.3, -0.25) is 9.59 Å². The first-order valence-electron chi connectivity index (χ1n) is 14.6. The number of carbonyl (C=O) groups is 2. The van der Waals surface area contributed by atoms with E-state index in [4.69, 9.17) is 5.73 Å². The summed E-state index contributed by atoms with van der Waals surface area (Å²) in [4.78, 5) is 24.0. The fourth-order valence-corrected chi connectivity index (χ4v) is 9.66. The molecule has 0 bridgehead atoms. The monoisotopic (exact) mass is 510 g/mol. The minimum absolute atomic E-state index is 0.0200. The lowest BCUT2D eigenvalue weighted by Crippen LogP contribution is -2.58. The number of rotatable bonds is 6. The van der Waals surface area contributed by atoms with Crippen molar-refractivity contribution in [2.75, 3.05) is 5.32 Å². The number of carbonyl (C=O) groups excluding carboxylic acids is 2. The number of amides is 2. The summed E-state index contributed by atoms with van der Waals surface area (Å²) in [7, 11) is 0. The van der Waals surface area contributed by atoms with E-state index in [0.717, 1.165) is 38.5 Å². The van der Waals surface area contributed by atoms with Gasteiger partial charge in [-0.15, -0.1) is 0 Å². The highest BCUT2D eigenvalue weighted by Gasteiger charge is 2.63. The van der Waals surface area contributed by atoms with Crippen molar-refractivity contribution in [3.8, 4) is 0 Å². The van der Waals surface area contributed by atoms with Crippen LogP contribution in [0.25, 0.3) is 0 Å². The average molecular weight is 511 g/mol. The van der Waals surface area contributed by atoms with E-state index in [-0.39, 0.29) is 28.9 Å². The molecule has 6 nitrogen and oxygen atoms in total. The van der Waals surface area contributed by atoms with Crippen LogP contribution in [-0.4, -0.2) is 34.2 Å². The maximum Gasteiger partial charge on any atom is 0.248 e. The van der Waals surface area contributed by atoms with Gasteiger partial charge in [0.25, 0.3) is 0 Å². The predicted molar refractivity (Wildman–Crippen MR) is 145 cm³/mol. The number of benzene rings is 1. The van der Waals surface area contributed by atoms with Crippen LogP contribution >= 0.6 is 0 Å². The van der Waals surface area contributed by atoms with Crippen molar-refractivity contribution >= 4 is 17.5 Å². The molecule has 10 atom stereocenters. The molecule has 0 saturated heterocycles. The van der Waals surface area contributed by atoms with E-state index in [1.807, 2.05) is 0 Å². The van der Waals surface area contributed by atoms with Crippen LogP contribution in [0.3, 0.4) is 0 Å². The third-order valence-electron chi connectivity index (χ3n) is 11.8. The lowest BCUT2D eigenvalue weighted by molar-refractivity contribution is -0.174. The molecule has 204 valence electrons. The lowest BCUT2D eigenvalue weighted by Gasteiger charge is -2.62. The van der Waals surface area contributed by atoms with Crippen LogP contribution < -0.4 is 11.1 Å². The fourth-order valence-electron chi connectivity index (χ4n) is 9.66. The van der Waals surface area contributed by atoms with Gasteiger partial charge in [-0.1, -0.05) is 20.8 Å². The van der Waals surface area contributed by atoms with Gasteiger partial charge in [-0.2, -0.15) is 0 Å². The standard InChI is InChI=1S/C31H46N2O4/c1-18(4-13-28(36)33-21-8-5-19(6-9-21)29(32)37)24-11-12-25-23-10-7-20-16-22(34)14-15-30(20,2)26(23)17-27(35)31(24,25)3/h5-6,8-9,18,20,22-27,34-35H,4,7,10-17H2,1-3H3,(H2,32,37)(H,33,36)/t18-,20-,22-,23+,24-,25+,26+,27+,30+,31-/m1/s1. The van der Waals surface area contributed by atoms with Crippen LogP contribution in [0.4, 0.5) is 5.69 Å². The third-order valence-corrected chi connectivity index (χ3v) is 11.8. The maximum absolute atomic E-state index is 12.7. The Labute approximate surface area is 221 Å². The van der Waals surface area contributed by atoms with E-state index in [1.165, 1.54) is 19.3 Å². The Morgan fingerprint density at radius 3 is 2.46 bits per heavy atom. The number of fused-ring (bicyclic) bond motifs is 5. The highest BCUT2D eigenvalue weighted by Crippen LogP contribution is 2.68. The first-order valence-corrected chi connectivity index (χ1v) is 14.6. The second-order valence-electron chi connectivity index (χ2n) is 13.4. The van der Waals surface area contributed by atoms with E-state index >= 15 is 0 Å². The number of hydrogen-bond acceptors (Lipinski definition) is 4. The summed E-state index contributed by atoms with van der Waals surface area (Å²) < 4.78 is 0. The molecule has 0 radical (unpaired) electrons. The van der Waals surface area contributed by atoms with Gasteiger partial charge in [-0.05, 0) is 128 Å². The molecule has 0 spiro atoms. The minimum atomic E-state index is -0.481. The van der Waals surface area contributed by atoms with Gasteiger partial charge in [0, 0.05) is 17.7 Å². The maximum atomic E-state index is 12.7. The summed E-state index contributed by atoms with van der Waals surface area (Å²) in [5.41, 5.74) is 6.56. The lowest BCUT2D eigenvalue weighted by atomic mass is 9.43. The second-order valence-corrected chi connectivity index (χ2v) is 13.4. The molecule has 0 aliphatic heterocycles. The second kappa shape index (κ2) is 10.00. The van der Waals surface area contributed by atoms with Gasteiger partial charge < -0.3 is 21.3 Å². The number of aliphatic hydroxyl groups excluding tert-OH is 2. The molecule has 5 N–H and O–H groups in total. The Kier molecular flexibility index (Phi) is 7.21. The summed E-state index contributed by atoms with van der Waals surface area (Å²) in [6.07, 6.45) is 9.42. The van der Waals surface area contributed by atoms with Gasteiger partial charge in [0.15, 0.2) is 0 Å². The Morgan fingerprint density at radius 1 is 1.03 bits per heavy atom. The van der Waals surface area contributed by atoms with Gasteiger partial charge in [0.05, 0.1) is 12.2 Å². The number of hydrogen-bond donors (Lipinski definition) is 4. The van der Waals surface area contributed by atoms with Crippen LogP contribution in [0.2, 0.25) is 0 Å². The molecule has 0 unspecified atom stereocenters. The number of nitrogens with two attached hydrogens (primary N) is 1. The van der Waals surface area contributed by atoms with E-state index in [2.05, 4.69) is 26.1 Å². The summed E-state index contributed by atoms with van der Waals surface area (Å²) in [6.45, 7) is 7.09. The molecule has 4 fully saturated rings. The van der Waals surface area contributed by atoms with Crippen molar-refractivity contribution in [2.24, 2.45) is 52.1 Å². The van der Waals surface area contributed by atoms with Crippen LogP contribution in [0, 0.1) is 46.3 Å². The Hall–Kier alpha value is -1.92. The molecule has 0 aromatic heterocycles. The normalized spacial score (nSPS) is 41.7. The Bertz CT molecular complexity index is 1010. The van der Waals surface area contributed by atoms with E-state index in [1.54, 1.807) is 24.3 Å². The first kappa shape index (κ1) is 26.7. The van der Waals surface area contributed by atoms with Gasteiger partial charge in [0.2, 0.25) is 11.8 Å². The number of primary amides is 1. The topological polar surface area (TPSA) is 113 Å². The van der Waals surface area contributed by atoms with Crippen molar-refractivity contribution in [1.29, 1.82) is 0 Å². The zero-order valence-corrected chi connectivity index (χ0v) is 22.8. The number of nitrogens with one attached hydrogen (secondary N) is 1. The summed E-state index contributed by atoms with van der Waals surface area (Å²) >= 11 is 0. The van der Waals surface area contributed by atoms with Crippen molar-refractivity contribution < 1.29 is 19.8 Å². The molecular weight excluding hydrogens is 464 g/mol. The van der Waals surface area contributed by atoms with Gasteiger partial charge in [-0.25, -0.2) is 0 Å². The van der Waals surface area contributed by atoms with Crippen molar-refractivity contribution in [3.05, 3.63) is 29.8 Å². The van der Waals surface area contributed by atoms with Crippen LogP contribution in [0.1, 0.15) is 95.3 Å². The van der Waals surface area contributed by atoms with Gasteiger partial charge in [0.1, 0.15) is 0 Å². The highest BCUT2D eigenvalue weighted by atomic mass is 16.3. The largest absolute Gasteiger partial charge is 0.393 e. The average Bonchev–Trinajstić information content (AvgIpc) is 3.23. The quantitative estimate of drug-likeness (QED) is 0.425. The highest BCUT2D eigenvalue weighted by molar-refractivity contribution is 5.94. The zero-order valence-electron chi connectivity index (χ0n) is 22.8. The molecule has 5 rings (SSSR count). The SMILES string of the molecule is C[C@H](CCC(=O)Nc1ccc(C(N)=O)cc1)[C@H]1CC[C@H]2[C@@H]3CC[C@@H]4C[C@H](O)CC[C@]4(C)[C@H]3C[C@H](O)[C@]12C. The van der Waals surface area contributed by atoms with E-state index in [0.29, 0.717) is 53.2 Å². The van der Waals surface area contributed by atoms with Crippen LogP contribution in [0.5, 0.6) is 0 Å². The number of aliphatic hydroxyl groups is 2. The molecule has 4 saturated carbocycles. The third kappa shape index (κ3) is 4.63. The van der Waals surface area contributed by atoms with Crippen molar-refractivity contribution in [2.45, 2.75) is 97.2 Å². The molecule has 1 aromatic rings. The zero-order chi connectivity index (χ0) is 26.5. The molecule has 6 heteroatoms. The van der Waals surface area contributed by atoms with E-state index < -0.39 is 5.91 Å². The van der Waals surface area contributed by atoms with Crippen LogP contribution in [0.15, 0.2) is 24.3 Å². The van der Waals surface area contributed by atoms with Crippen LogP contribution in [-0.2, 0) is 4.79 Å². The summed E-state index contributed by atoms with van der Waals surface area (Å²) in [5, 5.41) is 25.0. The Balaban J connectivity index is 1.22. The van der Waals surface area contributed by atoms with Gasteiger partial charge >= 0.3 is 0 Å². The molecule has 37 heavy (non-hydrogen) atoms. The minimum Gasteiger partial charge on any atom is -0.393 e. The molecule has 0 heterocycles. The first-order chi connectivity index (χ1) is 17.5. The fraction of sp³-hybridized carbons (Fsp3) is 0.742. The number of anilines is 1. The smallest absolute Gasteiger partial charge is 0.248 e. The molecular formula is C31H46N2O4. The Morgan fingerprint density at radius 2 is 1.76 bits per heavy atom. The van der Waals surface area contributed by atoms with Crippen molar-refractivity contribution in [3.63, 3.8) is 0 Å².